The molecule has 1 atom stereocenters. The molecular weight excluding hydrogens is 627 g/mol. The van der Waals surface area contributed by atoms with Gasteiger partial charge in [-0.15, -0.1) is 11.8 Å². The molecule has 45 heavy (non-hydrogen) atoms. The van der Waals surface area contributed by atoms with Crippen LogP contribution >= 0.6 is 23.4 Å². The lowest BCUT2D eigenvalue weighted by Crippen LogP contribution is -2.32. The van der Waals surface area contributed by atoms with Gasteiger partial charge in [-0.1, -0.05) is 11.6 Å². The Morgan fingerprint density at radius 2 is 1.98 bits per heavy atom. The van der Waals surface area contributed by atoms with E-state index in [-0.39, 0.29) is 40.8 Å². The number of hydrogen-bond donors (Lipinski definition) is 2. The van der Waals surface area contributed by atoms with E-state index in [1.807, 2.05) is 13.0 Å². The molecule has 0 aliphatic carbocycles. The van der Waals surface area contributed by atoms with Gasteiger partial charge < -0.3 is 24.2 Å². The molecule has 0 fully saturated rings. The second-order valence-corrected chi connectivity index (χ2v) is 12.1. The van der Waals surface area contributed by atoms with E-state index in [0.29, 0.717) is 52.8 Å². The van der Waals surface area contributed by atoms with Crippen LogP contribution in [-0.2, 0) is 21.4 Å². The number of aromatic amines is 2. The summed E-state index contributed by atoms with van der Waals surface area (Å²) in [4.78, 5) is 23.0. The van der Waals surface area contributed by atoms with Gasteiger partial charge in [0.25, 0.3) is 0 Å². The zero-order valence-electron chi connectivity index (χ0n) is 24.7. The second kappa shape index (κ2) is 12.4. The lowest BCUT2D eigenvalue weighted by atomic mass is 9.74. The van der Waals surface area contributed by atoms with Gasteiger partial charge in [-0.05, 0) is 74.9 Å². The Morgan fingerprint density at radius 3 is 2.76 bits per heavy atom. The van der Waals surface area contributed by atoms with Gasteiger partial charge in [0.15, 0.2) is 11.6 Å². The SMILES string of the molecule is CCOC(=O)CCc1cc(Cl)cc2c1OCC[C@@]2(C)c1c[nH]c(-c2cc(Oc3c(F)c(F)c4[nH]ccc4c3SC)ccc2F)n1. The number of fused-ring (bicyclic) bond motifs is 2. The fourth-order valence-electron chi connectivity index (χ4n) is 5.72. The van der Waals surface area contributed by atoms with Crippen LogP contribution in [0.2, 0.25) is 5.02 Å². The van der Waals surface area contributed by atoms with Gasteiger partial charge in [0.1, 0.15) is 23.1 Å². The fourth-order valence-corrected chi connectivity index (χ4v) is 6.67. The Hall–Kier alpha value is -4.09. The number of aryl methyl sites for hydroxylation is 1. The number of imidazole rings is 1. The van der Waals surface area contributed by atoms with Crippen LogP contribution in [0.1, 0.15) is 43.5 Å². The topological polar surface area (TPSA) is 89.2 Å². The van der Waals surface area contributed by atoms with E-state index < -0.39 is 22.9 Å². The summed E-state index contributed by atoms with van der Waals surface area (Å²) in [5.41, 5.74) is 1.69. The number of carbonyl (C=O) groups excluding carboxylic acids is 1. The molecule has 3 heterocycles. The van der Waals surface area contributed by atoms with E-state index >= 15 is 8.78 Å². The van der Waals surface area contributed by atoms with Gasteiger partial charge in [-0.3, -0.25) is 4.79 Å². The molecule has 5 aromatic rings. The summed E-state index contributed by atoms with van der Waals surface area (Å²) in [5, 5.41) is 0.964. The van der Waals surface area contributed by atoms with Gasteiger partial charge in [0.05, 0.1) is 34.9 Å². The predicted molar refractivity (Wildman–Crippen MR) is 167 cm³/mol. The molecule has 3 aromatic carbocycles. The normalized spacial score (nSPS) is 16.0. The average molecular weight is 656 g/mol. The van der Waals surface area contributed by atoms with Crippen molar-refractivity contribution in [2.45, 2.75) is 43.4 Å². The van der Waals surface area contributed by atoms with Crippen LogP contribution < -0.4 is 9.47 Å². The minimum Gasteiger partial charge on any atom is -0.493 e. The van der Waals surface area contributed by atoms with Crippen molar-refractivity contribution >= 4 is 40.2 Å². The van der Waals surface area contributed by atoms with Crippen LogP contribution in [0.5, 0.6) is 17.2 Å². The second-order valence-electron chi connectivity index (χ2n) is 10.8. The molecule has 234 valence electrons. The van der Waals surface area contributed by atoms with Gasteiger partial charge in [0, 0.05) is 40.2 Å². The smallest absolute Gasteiger partial charge is 0.306 e. The summed E-state index contributed by atoms with van der Waals surface area (Å²) in [6, 6.07) is 9.18. The molecule has 2 N–H and O–H groups in total. The minimum absolute atomic E-state index is 0.0442. The van der Waals surface area contributed by atoms with Gasteiger partial charge >= 0.3 is 5.97 Å². The van der Waals surface area contributed by atoms with E-state index in [1.54, 1.807) is 31.5 Å². The minimum atomic E-state index is -1.15. The van der Waals surface area contributed by atoms with E-state index in [2.05, 4.69) is 9.97 Å². The molecule has 0 unspecified atom stereocenters. The van der Waals surface area contributed by atoms with Crippen LogP contribution in [0, 0.1) is 17.5 Å². The highest BCUT2D eigenvalue weighted by molar-refractivity contribution is 7.99. The third kappa shape index (κ3) is 5.63. The Balaban J connectivity index is 1.34. The van der Waals surface area contributed by atoms with Crippen LogP contribution in [0.15, 0.2) is 53.7 Å². The first kappa shape index (κ1) is 30.9. The number of rotatable bonds is 9. The van der Waals surface area contributed by atoms with Crippen molar-refractivity contribution in [1.82, 2.24) is 15.0 Å². The molecule has 2 aromatic heterocycles. The van der Waals surface area contributed by atoms with Crippen molar-refractivity contribution in [3.05, 3.63) is 88.1 Å². The summed E-state index contributed by atoms with van der Waals surface area (Å²) < 4.78 is 62.1. The zero-order valence-corrected chi connectivity index (χ0v) is 26.2. The lowest BCUT2D eigenvalue weighted by molar-refractivity contribution is -0.143. The molecular formula is C33H29ClF3N3O4S. The van der Waals surface area contributed by atoms with Crippen LogP contribution in [0.3, 0.4) is 0 Å². The first-order valence-corrected chi connectivity index (χ1v) is 15.9. The number of hydrogen-bond acceptors (Lipinski definition) is 6. The molecule has 7 nitrogen and oxygen atoms in total. The average Bonchev–Trinajstić information content (AvgIpc) is 3.72. The van der Waals surface area contributed by atoms with E-state index in [0.717, 1.165) is 11.1 Å². The molecule has 0 spiro atoms. The number of benzene rings is 3. The van der Waals surface area contributed by atoms with Crippen molar-refractivity contribution in [2.75, 3.05) is 19.5 Å². The maximum absolute atomic E-state index is 15.2. The van der Waals surface area contributed by atoms with Crippen molar-refractivity contribution < 1.29 is 32.2 Å². The highest BCUT2D eigenvalue weighted by atomic mass is 35.5. The van der Waals surface area contributed by atoms with Crippen molar-refractivity contribution in [3.8, 4) is 28.6 Å². The molecule has 0 saturated carbocycles. The number of halogens is 4. The van der Waals surface area contributed by atoms with Crippen LogP contribution in [0.4, 0.5) is 13.2 Å². The molecule has 0 amide bonds. The molecule has 12 heteroatoms. The van der Waals surface area contributed by atoms with Crippen LogP contribution in [-0.4, -0.2) is 40.4 Å². The summed E-state index contributed by atoms with van der Waals surface area (Å²) in [6.45, 7) is 4.46. The molecule has 6 rings (SSSR count). The third-order valence-electron chi connectivity index (χ3n) is 8.05. The monoisotopic (exact) mass is 655 g/mol. The molecule has 1 aliphatic rings. The number of esters is 1. The maximum Gasteiger partial charge on any atom is 0.306 e. The van der Waals surface area contributed by atoms with E-state index in [4.69, 9.17) is 30.8 Å². The van der Waals surface area contributed by atoms with Crippen molar-refractivity contribution in [3.63, 3.8) is 0 Å². The standard InChI is InChI=1S/C33H29ClF3N3O4S/c1-4-42-25(41)8-5-17-13-18(34)14-22-29(17)43-12-10-33(22,2)24-16-39-32(40-24)21-15-19(6-7-23(21)35)44-30-27(37)26(36)28-20(9-11-38-28)31(30)45-3/h6-7,9,11,13-16,38H,4-5,8,10,12H2,1-3H3,(H,39,40)/t33-/m1/s1. The number of nitrogens with one attached hydrogen (secondary N) is 2. The quantitative estimate of drug-likeness (QED) is 0.122. The summed E-state index contributed by atoms with van der Waals surface area (Å²) in [6.07, 6.45) is 6.10. The van der Waals surface area contributed by atoms with Crippen molar-refractivity contribution in [1.29, 1.82) is 0 Å². The molecule has 1 aliphatic heterocycles. The van der Waals surface area contributed by atoms with Gasteiger partial charge in [-0.25, -0.2) is 13.8 Å². The number of H-pyrrole nitrogens is 2. The number of carbonyl (C=O) groups is 1. The first-order valence-electron chi connectivity index (χ1n) is 14.3. The number of thioether (sulfide) groups is 1. The van der Waals surface area contributed by atoms with E-state index in [9.17, 15) is 9.18 Å². The van der Waals surface area contributed by atoms with E-state index in [1.165, 1.54) is 36.2 Å². The van der Waals surface area contributed by atoms with Crippen LogP contribution in [0.25, 0.3) is 22.3 Å². The maximum atomic E-state index is 15.2. The van der Waals surface area contributed by atoms with Crippen molar-refractivity contribution in [2.24, 2.45) is 0 Å². The molecule has 0 saturated heterocycles. The number of ether oxygens (including phenoxy) is 3. The zero-order chi connectivity index (χ0) is 31.9. The number of nitrogens with zero attached hydrogens (tertiary/aromatic N) is 1. The Bertz CT molecular complexity index is 1930. The van der Waals surface area contributed by atoms with Gasteiger partial charge in [-0.2, -0.15) is 4.39 Å². The molecule has 0 bridgehead atoms. The summed E-state index contributed by atoms with van der Waals surface area (Å²) >= 11 is 7.74. The lowest BCUT2D eigenvalue weighted by Gasteiger charge is -2.36. The Kier molecular flexibility index (Phi) is 8.49. The predicted octanol–water partition coefficient (Wildman–Crippen LogP) is 8.73. The Morgan fingerprint density at radius 1 is 1.16 bits per heavy atom. The summed E-state index contributed by atoms with van der Waals surface area (Å²) in [7, 11) is 0. The Labute approximate surface area is 266 Å². The van der Waals surface area contributed by atoms with Gasteiger partial charge in [0.2, 0.25) is 5.82 Å². The summed E-state index contributed by atoms with van der Waals surface area (Å²) in [5.74, 6) is -2.41. The fraction of sp³-hybridized carbons (Fsp3) is 0.273. The number of aromatic nitrogens is 3. The molecule has 0 radical (unpaired) electrons. The first-order chi connectivity index (χ1) is 21.6. The largest absolute Gasteiger partial charge is 0.493 e. The highest BCUT2D eigenvalue weighted by Gasteiger charge is 2.39. The third-order valence-corrected chi connectivity index (χ3v) is 9.08. The highest BCUT2D eigenvalue weighted by Crippen LogP contribution is 2.47.